The Labute approximate surface area is 117 Å². The third-order valence-electron chi connectivity index (χ3n) is 2.96. The van der Waals surface area contributed by atoms with Crippen molar-refractivity contribution < 1.29 is 13.5 Å². The number of nitrogens with one attached hydrogen (secondary N) is 1. The van der Waals surface area contributed by atoms with Crippen molar-refractivity contribution in [1.82, 2.24) is 19.5 Å². The molecule has 108 valence electrons. The number of hydrogen-bond acceptors (Lipinski definition) is 5. The van der Waals surface area contributed by atoms with E-state index in [0.717, 1.165) is 4.31 Å². The van der Waals surface area contributed by atoms with E-state index in [4.69, 9.17) is 0 Å². The molecule has 2 rings (SSSR count). The second kappa shape index (κ2) is 5.70. The van der Waals surface area contributed by atoms with Crippen molar-refractivity contribution in [3.05, 3.63) is 41.3 Å². The Balaban J connectivity index is 2.30. The molecule has 0 aliphatic rings. The van der Waals surface area contributed by atoms with Crippen molar-refractivity contribution in [2.45, 2.75) is 25.1 Å². The summed E-state index contributed by atoms with van der Waals surface area (Å²) in [5, 5.41) is 15.5. The van der Waals surface area contributed by atoms with Crippen molar-refractivity contribution in [3.63, 3.8) is 0 Å². The third kappa shape index (κ3) is 2.72. The van der Waals surface area contributed by atoms with Gasteiger partial charge < -0.3 is 5.11 Å². The first kappa shape index (κ1) is 14.6. The summed E-state index contributed by atoms with van der Waals surface area (Å²) in [6.45, 7) is 1.42. The van der Waals surface area contributed by atoms with Crippen LogP contribution >= 0.6 is 0 Å². The summed E-state index contributed by atoms with van der Waals surface area (Å²) in [6, 6.07) is 5.30. The van der Waals surface area contributed by atoms with E-state index >= 15 is 0 Å². The summed E-state index contributed by atoms with van der Waals surface area (Å²) in [4.78, 5) is 4.09. The van der Waals surface area contributed by atoms with Gasteiger partial charge in [0.05, 0.1) is 18.8 Å². The number of hydrogen-bond donors (Lipinski definition) is 2. The number of nitrogens with zero attached hydrogens (tertiary/aromatic N) is 3. The molecule has 2 N–H and O–H groups in total. The molecule has 2 aromatic rings. The van der Waals surface area contributed by atoms with Gasteiger partial charge in [0.1, 0.15) is 0 Å². The topological polar surface area (TPSA) is 99.2 Å². The highest BCUT2D eigenvalue weighted by Gasteiger charge is 2.28. The highest BCUT2D eigenvalue weighted by atomic mass is 32.2. The minimum absolute atomic E-state index is 0.139. The Kier molecular flexibility index (Phi) is 4.17. The minimum Gasteiger partial charge on any atom is -0.392 e. The summed E-state index contributed by atoms with van der Waals surface area (Å²) < 4.78 is 26.0. The zero-order valence-electron chi connectivity index (χ0n) is 11.2. The number of aliphatic hydroxyl groups excluding tert-OH is 1. The second-order valence-corrected chi connectivity index (χ2v) is 6.33. The van der Waals surface area contributed by atoms with E-state index in [0.29, 0.717) is 11.4 Å². The van der Waals surface area contributed by atoms with Crippen LogP contribution in [0, 0.1) is 6.92 Å². The summed E-state index contributed by atoms with van der Waals surface area (Å²) >= 11 is 0. The highest BCUT2D eigenvalue weighted by molar-refractivity contribution is 7.89. The molecule has 0 aromatic carbocycles. The average molecular weight is 296 g/mol. The Morgan fingerprint density at radius 2 is 2.15 bits per heavy atom. The number of sulfonamides is 1. The predicted molar refractivity (Wildman–Crippen MR) is 72.1 cm³/mol. The van der Waals surface area contributed by atoms with Gasteiger partial charge in [-0.3, -0.25) is 10.1 Å². The lowest BCUT2D eigenvalue weighted by Gasteiger charge is -2.15. The van der Waals surface area contributed by atoms with Crippen molar-refractivity contribution in [2.75, 3.05) is 7.05 Å². The van der Waals surface area contributed by atoms with Crippen LogP contribution in [0.2, 0.25) is 0 Å². The molecule has 0 spiro atoms. The van der Waals surface area contributed by atoms with Gasteiger partial charge in [0.15, 0.2) is 5.03 Å². The number of H-pyrrole nitrogens is 1. The fourth-order valence-corrected chi connectivity index (χ4v) is 3.07. The van der Waals surface area contributed by atoms with E-state index in [1.54, 1.807) is 31.3 Å². The maximum atomic E-state index is 12.4. The SMILES string of the molecule is Cc1[nH]nc(S(=O)(=O)N(C)Cc2ccccn2)c1CO. The van der Waals surface area contributed by atoms with Gasteiger partial charge in [0.2, 0.25) is 0 Å². The molecular weight excluding hydrogens is 280 g/mol. The van der Waals surface area contributed by atoms with Crippen LogP contribution in [0.3, 0.4) is 0 Å². The molecule has 0 saturated carbocycles. The lowest BCUT2D eigenvalue weighted by molar-refractivity contribution is 0.277. The maximum Gasteiger partial charge on any atom is 0.262 e. The molecule has 0 atom stereocenters. The Bertz CT molecular complexity index is 682. The van der Waals surface area contributed by atoms with Gasteiger partial charge in [0, 0.05) is 24.5 Å². The van der Waals surface area contributed by atoms with Crippen LogP contribution in [-0.4, -0.2) is 40.1 Å². The Morgan fingerprint density at radius 1 is 1.40 bits per heavy atom. The zero-order chi connectivity index (χ0) is 14.8. The monoisotopic (exact) mass is 296 g/mol. The number of aliphatic hydroxyl groups is 1. The fourth-order valence-electron chi connectivity index (χ4n) is 1.78. The van der Waals surface area contributed by atoms with E-state index in [9.17, 15) is 13.5 Å². The average Bonchev–Trinajstić information content (AvgIpc) is 2.81. The van der Waals surface area contributed by atoms with Crippen LogP contribution in [0.1, 0.15) is 17.0 Å². The van der Waals surface area contributed by atoms with Gasteiger partial charge in [-0.15, -0.1) is 0 Å². The Morgan fingerprint density at radius 3 is 2.75 bits per heavy atom. The molecule has 0 bridgehead atoms. The molecule has 0 radical (unpaired) electrons. The molecule has 8 heteroatoms. The molecule has 7 nitrogen and oxygen atoms in total. The first-order chi connectivity index (χ1) is 9.46. The Hall–Kier alpha value is -1.77. The quantitative estimate of drug-likeness (QED) is 0.833. The molecule has 2 aromatic heterocycles. The lowest BCUT2D eigenvalue weighted by atomic mass is 10.3. The van der Waals surface area contributed by atoms with Crippen molar-refractivity contribution in [2.24, 2.45) is 0 Å². The van der Waals surface area contributed by atoms with E-state index in [-0.39, 0.29) is 23.7 Å². The molecule has 0 aliphatic carbocycles. The van der Waals surface area contributed by atoms with Crippen LogP contribution in [0.4, 0.5) is 0 Å². The summed E-state index contributed by atoms with van der Waals surface area (Å²) in [5.41, 5.74) is 1.46. The number of aryl methyl sites for hydroxylation is 1. The van der Waals surface area contributed by atoms with E-state index in [1.165, 1.54) is 7.05 Å². The first-order valence-electron chi connectivity index (χ1n) is 5.97. The number of rotatable bonds is 5. The van der Waals surface area contributed by atoms with Gasteiger partial charge >= 0.3 is 0 Å². The fraction of sp³-hybridized carbons (Fsp3) is 0.333. The standard InChI is InChI=1S/C12H16N4O3S/c1-9-11(8-17)12(15-14-9)20(18,19)16(2)7-10-5-3-4-6-13-10/h3-6,17H,7-8H2,1-2H3,(H,14,15). The van der Waals surface area contributed by atoms with E-state index < -0.39 is 10.0 Å². The van der Waals surface area contributed by atoms with Crippen LogP contribution in [-0.2, 0) is 23.2 Å². The zero-order valence-corrected chi connectivity index (χ0v) is 12.1. The number of aromatic nitrogens is 3. The summed E-state index contributed by atoms with van der Waals surface area (Å²) in [5.74, 6) is 0. The molecule has 0 saturated heterocycles. The lowest BCUT2D eigenvalue weighted by Crippen LogP contribution is -2.28. The first-order valence-corrected chi connectivity index (χ1v) is 7.41. The number of pyridine rings is 1. The van der Waals surface area contributed by atoms with Gasteiger partial charge in [0.25, 0.3) is 10.0 Å². The molecule has 0 fully saturated rings. The molecule has 0 aliphatic heterocycles. The van der Waals surface area contributed by atoms with Crippen molar-refractivity contribution in [3.8, 4) is 0 Å². The van der Waals surface area contributed by atoms with Crippen molar-refractivity contribution in [1.29, 1.82) is 0 Å². The highest BCUT2D eigenvalue weighted by Crippen LogP contribution is 2.20. The maximum absolute atomic E-state index is 12.4. The number of aromatic amines is 1. The van der Waals surface area contributed by atoms with Gasteiger partial charge in [-0.2, -0.15) is 9.40 Å². The summed E-state index contributed by atoms with van der Waals surface area (Å²) in [6.07, 6.45) is 1.60. The van der Waals surface area contributed by atoms with Crippen LogP contribution in [0.25, 0.3) is 0 Å². The minimum atomic E-state index is -3.77. The predicted octanol–water partition coefficient (Wildman–Crippen LogP) is 0.426. The molecule has 0 amide bonds. The molecular formula is C12H16N4O3S. The van der Waals surface area contributed by atoms with Crippen molar-refractivity contribution >= 4 is 10.0 Å². The summed E-state index contributed by atoms with van der Waals surface area (Å²) in [7, 11) is -2.31. The molecule has 20 heavy (non-hydrogen) atoms. The largest absolute Gasteiger partial charge is 0.392 e. The molecule has 0 unspecified atom stereocenters. The van der Waals surface area contributed by atoms with Gasteiger partial charge in [-0.25, -0.2) is 8.42 Å². The smallest absolute Gasteiger partial charge is 0.262 e. The van der Waals surface area contributed by atoms with Crippen LogP contribution < -0.4 is 0 Å². The molecule has 2 heterocycles. The van der Waals surface area contributed by atoms with Crippen LogP contribution in [0.5, 0.6) is 0 Å². The van der Waals surface area contributed by atoms with E-state index in [2.05, 4.69) is 15.2 Å². The normalized spacial score (nSPS) is 12.0. The van der Waals surface area contributed by atoms with Gasteiger partial charge in [-0.1, -0.05) is 6.07 Å². The van der Waals surface area contributed by atoms with Gasteiger partial charge in [-0.05, 0) is 19.1 Å². The second-order valence-electron chi connectivity index (χ2n) is 4.37. The third-order valence-corrected chi connectivity index (χ3v) is 4.74. The van der Waals surface area contributed by atoms with Crippen LogP contribution in [0.15, 0.2) is 29.4 Å². The van der Waals surface area contributed by atoms with E-state index in [1.807, 2.05) is 0 Å².